The van der Waals surface area contributed by atoms with Crippen molar-refractivity contribution in [1.29, 1.82) is 0 Å². The molecule has 0 aromatic heterocycles. The van der Waals surface area contributed by atoms with E-state index in [4.69, 9.17) is 4.74 Å². The van der Waals surface area contributed by atoms with Crippen LogP contribution in [-0.4, -0.2) is 49.3 Å². The summed E-state index contributed by atoms with van der Waals surface area (Å²) in [7, 11) is -4.41. The lowest BCUT2D eigenvalue weighted by molar-refractivity contribution is -0.152. The second-order valence-electron chi connectivity index (χ2n) is 7.75. The number of fused-ring (bicyclic) bond motifs is 1. The normalized spacial score (nSPS) is 16.1. The van der Waals surface area contributed by atoms with Gasteiger partial charge in [0.25, 0.3) is 5.91 Å². The van der Waals surface area contributed by atoms with E-state index in [0.29, 0.717) is 5.56 Å². The number of imide groups is 1. The first-order valence-corrected chi connectivity index (χ1v) is 11.6. The van der Waals surface area contributed by atoms with Crippen LogP contribution in [0.5, 0.6) is 0 Å². The van der Waals surface area contributed by atoms with Crippen molar-refractivity contribution in [3.8, 4) is 0 Å². The zero-order chi connectivity index (χ0) is 24.2. The molecular weight excluding hydrogens is 453 g/mol. The van der Waals surface area contributed by atoms with Crippen LogP contribution >= 0.6 is 0 Å². The van der Waals surface area contributed by atoms with Gasteiger partial charge in [0, 0.05) is 19.0 Å². The molecule has 0 bridgehead atoms. The first-order chi connectivity index (χ1) is 15.6. The average molecular weight is 478 g/mol. The maximum Gasteiger partial charge on any atom is 0.325 e. The number of nitrogens with zero attached hydrogens (tertiary/aromatic N) is 1. The van der Waals surface area contributed by atoms with E-state index in [1.807, 2.05) is 5.32 Å². The van der Waals surface area contributed by atoms with Gasteiger partial charge in [-0.25, -0.2) is 17.6 Å². The molecule has 2 aromatic carbocycles. The highest BCUT2D eigenvalue weighted by Crippen LogP contribution is 2.30. The number of amides is 3. The Hall–Kier alpha value is -3.31. The molecule has 1 aliphatic rings. The van der Waals surface area contributed by atoms with E-state index in [9.17, 15) is 27.2 Å². The van der Waals surface area contributed by atoms with Gasteiger partial charge in [0.1, 0.15) is 16.8 Å². The van der Waals surface area contributed by atoms with Crippen molar-refractivity contribution in [3.05, 3.63) is 65.5 Å². The summed E-state index contributed by atoms with van der Waals surface area (Å²) in [6.45, 7) is 2.46. The molecular formula is C22H24FN3O6S. The molecule has 0 radical (unpaired) electrons. The smallest absolute Gasteiger partial charge is 0.325 e. The van der Waals surface area contributed by atoms with Crippen molar-refractivity contribution >= 4 is 27.9 Å². The van der Waals surface area contributed by atoms with Crippen molar-refractivity contribution in [2.24, 2.45) is 0 Å². The molecule has 0 saturated heterocycles. The van der Waals surface area contributed by atoms with Gasteiger partial charge in [-0.3, -0.25) is 14.9 Å². The summed E-state index contributed by atoms with van der Waals surface area (Å²) in [5.41, 5.74) is 1.41. The SMILES string of the molecule is CC(C)NC(=O)NC(=O)COC(=O)[C@H]1Cc2ccccc2CN1S(=O)(=O)c1ccccc1F. The van der Waals surface area contributed by atoms with Crippen LogP contribution in [-0.2, 0) is 37.3 Å². The largest absolute Gasteiger partial charge is 0.454 e. The van der Waals surface area contributed by atoms with Crippen molar-refractivity contribution in [2.75, 3.05) is 6.61 Å². The highest BCUT2D eigenvalue weighted by Gasteiger charge is 2.41. The Balaban J connectivity index is 1.82. The molecule has 11 heteroatoms. The van der Waals surface area contributed by atoms with Crippen LogP contribution in [0.1, 0.15) is 25.0 Å². The Labute approximate surface area is 191 Å². The number of carbonyl (C=O) groups is 3. The van der Waals surface area contributed by atoms with Gasteiger partial charge >= 0.3 is 12.0 Å². The molecule has 1 aliphatic heterocycles. The Kier molecular flexibility index (Phi) is 7.44. The van der Waals surface area contributed by atoms with Gasteiger partial charge in [-0.15, -0.1) is 0 Å². The number of hydrogen-bond acceptors (Lipinski definition) is 6. The molecule has 0 aliphatic carbocycles. The molecule has 176 valence electrons. The molecule has 0 spiro atoms. The van der Waals surface area contributed by atoms with E-state index in [1.54, 1.807) is 38.1 Å². The van der Waals surface area contributed by atoms with Crippen molar-refractivity contribution in [3.63, 3.8) is 0 Å². The van der Waals surface area contributed by atoms with Gasteiger partial charge in [-0.1, -0.05) is 36.4 Å². The molecule has 2 N–H and O–H groups in total. The maximum absolute atomic E-state index is 14.3. The maximum atomic E-state index is 14.3. The number of nitrogens with one attached hydrogen (secondary N) is 2. The van der Waals surface area contributed by atoms with E-state index in [0.717, 1.165) is 22.0 Å². The van der Waals surface area contributed by atoms with Crippen LogP contribution in [0, 0.1) is 5.82 Å². The minimum atomic E-state index is -4.41. The van der Waals surface area contributed by atoms with Crippen LogP contribution in [0.25, 0.3) is 0 Å². The fourth-order valence-corrected chi connectivity index (χ4v) is 5.05. The number of halogens is 1. The second-order valence-corrected chi connectivity index (χ2v) is 9.61. The topological polar surface area (TPSA) is 122 Å². The zero-order valence-electron chi connectivity index (χ0n) is 18.1. The molecule has 3 amide bonds. The van der Waals surface area contributed by atoms with Crippen LogP contribution < -0.4 is 10.6 Å². The fraction of sp³-hybridized carbons (Fsp3) is 0.318. The van der Waals surface area contributed by atoms with Crippen molar-refractivity contribution < 1.29 is 31.9 Å². The lowest BCUT2D eigenvalue weighted by atomic mass is 9.96. The molecule has 2 aromatic rings. The van der Waals surface area contributed by atoms with Crippen molar-refractivity contribution in [2.45, 2.75) is 43.8 Å². The molecule has 0 unspecified atom stereocenters. The Morgan fingerprint density at radius 2 is 1.73 bits per heavy atom. The summed E-state index contributed by atoms with van der Waals surface area (Å²) in [5, 5.41) is 4.46. The molecule has 3 rings (SSSR count). The van der Waals surface area contributed by atoms with Crippen molar-refractivity contribution in [1.82, 2.24) is 14.9 Å². The standard InChI is InChI=1S/C22H24FN3O6S/c1-14(2)24-22(29)25-20(27)13-32-21(28)18-11-15-7-3-4-8-16(15)12-26(18)33(30,31)19-10-6-5-9-17(19)23/h3-10,14,18H,11-13H2,1-2H3,(H2,24,25,27,29)/t18-/m1/s1. The zero-order valence-corrected chi connectivity index (χ0v) is 18.9. The van der Waals surface area contributed by atoms with Crippen LogP contribution in [0.15, 0.2) is 53.4 Å². The predicted molar refractivity (Wildman–Crippen MR) is 116 cm³/mol. The van der Waals surface area contributed by atoms with E-state index >= 15 is 0 Å². The average Bonchev–Trinajstić information content (AvgIpc) is 2.76. The summed E-state index contributed by atoms with van der Waals surface area (Å²) in [4.78, 5) is 35.8. The third kappa shape index (κ3) is 5.74. The van der Waals surface area contributed by atoms with E-state index in [-0.39, 0.29) is 19.0 Å². The number of esters is 1. The third-order valence-corrected chi connectivity index (χ3v) is 6.81. The number of rotatable bonds is 6. The van der Waals surface area contributed by atoms with Gasteiger partial charge in [0.2, 0.25) is 10.0 Å². The third-order valence-electron chi connectivity index (χ3n) is 4.92. The minimum absolute atomic E-state index is 0.0157. The lowest BCUT2D eigenvalue weighted by Gasteiger charge is -2.34. The van der Waals surface area contributed by atoms with Gasteiger partial charge in [-0.2, -0.15) is 4.31 Å². The highest BCUT2D eigenvalue weighted by molar-refractivity contribution is 7.89. The number of hydrogen-bond donors (Lipinski definition) is 2. The number of urea groups is 1. The van der Waals surface area contributed by atoms with Gasteiger partial charge in [0.05, 0.1) is 0 Å². The van der Waals surface area contributed by atoms with Crippen LogP contribution in [0.2, 0.25) is 0 Å². The molecule has 9 nitrogen and oxygen atoms in total. The molecule has 1 heterocycles. The first-order valence-electron chi connectivity index (χ1n) is 10.2. The van der Waals surface area contributed by atoms with E-state index in [1.165, 1.54) is 12.1 Å². The number of benzene rings is 2. The van der Waals surface area contributed by atoms with E-state index in [2.05, 4.69) is 5.32 Å². The first kappa shape index (κ1) is 24.3. The van der Waals surface area contributed by atoms with E-state index < -0.39 is 51.3 Å². The van der Waals surface area contributed by atoms with Gasteiger partial charge < -0.3 is 10.1 Å². The number of sulfonamides is 1. The summed E-state index contributed by atoms with van der Waals surface area (Å²) in [6, 6.07) is 9.57. The molecule has 1 atom stereocenters. The van der Waals surface area contributed by atoms with Crippen LogP contribution in [0.4, 0.5) is 9.18 Å². The number of ether oxygens (including phenoxy) is 1. The summed E-state index contributed by atoms with van der Waals surface area (Å²) in [5.74, 6) is -2.80. The lowest BCUT2D eigenvalue weighted by Crippen LogP contribution is -2.50. The summed E-state index contributed by atoms with van der Waals surface area (Å²) in [6.07, 6.45) is -0.0157. The number of carbonyl (C=O) groups excluding carboxylic acids is 3. The Morgan fingerprint density at radius 1 is 1.09 bits per heavy atom. The molecule has 33 heavy (non-hydrogen) atoms. The van der Waals surface area contributed by atoms with Gasteiger partial charge in [-0.05, 0) is 37.1 Å². The molecule has 0 fully saturated rings. The van der Waals surface area contributed by atoms with Crippen LogP contribution in [0.3, 0.4) is 0 Å². The highest BCUT2D eigenvalue weighted by atomic mass is 32.2. The second kappa shape index (κ2) is 10.1. The monoisotopic (exact) mass is 477 g/mol. The minimum Gasteiger partial charge on any atom is -0.454 e. The predicted octanol–water partition coefficient (Wildman–Crippen LogP) is 1.72. The summed E-state index contributed by atoms with van der Waals surface area (Å²) < 4.78 is 46.7. The fourth-order valence-electron chi connectivity index (χ4n) is 3.43. The quantitative estimate of drug-likeness (QED) is 0.611. The summed E-state index contributed by atoms with van der Waals surface area (Å²) >= 11 is 0. The Bertz CT molecular complexity index is 1170. The molecule has 0 saturated carbocycles. The van der Waals surface area contributed by atoms with Gasteiger partial charge in [0.15, 0.2) is 6.61 Å². The Morgan fingerprint density at radius 3 is 2.39 bits per heavy atom.